The Morgan fingerprint density at radius 1 is 1.18 bits per heavy atom. The number of rotatable bonds is 7. The van der Waals surface area contributed by atoms with Gasteiger partial charge in [-0.2, -0.15) is 5.10 Å². The minimum atomic E-state index is -0.562. The lowest BCUT2D eigenvalue weighted by molar-refractivity contribution is -0.135. The van der Waals surface area contributed by atoms with Gasteiger partial charge in [0.1, 0.15) is 17.6 Å². The minimum absolute atomic E-state index is 0.239. The molecule has 33 heavy (non-hydrogen) atoms. The van der Waals surface area contributed by atoms with Gasteiger partial charge in [-0.1, -0.05) is 29.8 Å². The monoisotopic (exact) mass is 467 g/mol. The lowest BCUT2D eigenvalue weighted by Gasteiger charge is -2.20. The molecular formula is C24H22ClN3O5. The number of hydrazone groups is 1. The van der Waals surface area contributed by atoms with Gasteiger partial charge in [-0.25, -0.2) is 9.80 Å². The van der Waals surface area contributed by atoms with E-state index >= 15 is 0 Å². The predicted octanol–water partition coefficient (Wildman–Crippen LogP) is 5.26. The van der Waals surface area contributed by atoms with Crippen molar-refractivity contribution in [3.63, 3.8) is 0 Å². The fourth-order valence-electron chi connectivity index (χ4n) is 3.42. The summed E-state index contributed by atoms with van der Waals surface area (Å²) in [7, 11) is 0. The highest BCUT2D eigenvalue weighted by Crippen LogP contribution is 2.33. The number of nitrogens with zero attached hydrogens (tertiary/aromatic N) is 2. The minimum Gasteiger partial charge on any atom is -0.484 e. The summed E-state index contributed by atoms with van der Waals surface area (Å²) < 4.78 is 16.1. The number of furan rings is 1. The van der Waals surface area contributed by atoms with Crippen LogP contribution in [0.1, 0.15) is 30.7 Å². The van der Waals surface area contributed by atoms with Gasteiger partial charge < -0.3 is 13.9 Å². The van der Waals surface area contributed by atoms with E-state index in [0.29, 0.717) is 28.6 Å². The summed E-state index contributed by atoms with van der Waals surface area (Å²) in [4.78, 5) is 24.7. The number of nitrogens with one attached hydrogen (secondary N) is 1. The maximum atomic E-state index is 13.0. The molecule has 0 saturated carbocycles. The molecule has 9 heteroatoms. The molecule has 1 aliphatic heterocycles. The van der Waals surface area contributed by atoms with Gasteiger partial charge in [-0.15, -0.1) is 0 Å². The molecule has 1 N–H and O–H groups in total. The van der Waals surface area contributed by atoms with Crippen LogP contribution in [0.3, 0.4) is 0 Å². The molecule has 0 saturated heterocycles. The highest BCUT2D eigenvalue weighted by Gasteiger charge is 2.35. The molecule has 2 heterocycles. The third-order valence-corrected chi connectivity index (χ3v) is 5.19. The lowest BCUT2D eigenvalue weighted by atomic mass is 10.0. The number of hydrogen-bond donors (Lipinski definition) is 1. The Hall–Kier alpha value is -3.78. The van der Waals surface area contributed by atoms with Crippen LogP contribution in [0.2, 0.25) is 5.02 Å². The van der Waals surface area contributed by atoms with E-state index in [1.165, 1.54) is 5.01 Å². The lowest BCUT2D eigenvalue weighted by Crippen LogP contribution is -2.31. The molecule has 8 nitrogen and oxygen atoms in total. The van der Waals surface area contributed by atoms with E-state index in [9.17, 15) is 9.59 Å². The van der Waals surface area contributed by atoms with E-state index in [2.05, 4.69) is 10.4 Å². The number of carbonyl (C=O) groups excluding carboxylic acids is 2. The molecule has 1 aromatic heterocycles. The molecule has 1 unspecified atom stereocenters. The Labute approximate surface area is 195 Å². The van der Waals surface area contributed by atoms with Gasteiger partial charge in [-0.05, 0) is 48.9 Å². The molecule has 170 valence electrons. The topological polar surface area (TPSA) is 93.4 Å². The highest BCUT2D eigenvalue weighted by molar-refractivity contribution is 6.30. The normalized spacial score (nSPS) is 15.2. The summed E-state index contributed by atoms with van der Waals surface area (Å²) in [5.41, 5.74) is 2.13. The fraction of sp³-hybridized carbons (Fsp3) is 0.208. The molecule has 0 radical (unpaired) electrons. The van der Waals surface area contributed by atoms with Crippen LogP contribution >= 0.6 is 11.6 Å². The number of carbonyl (C=O) groups is 2. The Morgan fingerprint density at radius 3 is 2.73 bits per heavy atom. The second-order valence-electron chi connectivity index (χ2n) is 7.19. The Balaban J connectivity index is 1.47. The van der Waals surface area contributed by atoms with Crippen LogP contribution in [0, 0.1) is 0 Å². The summed E-state index contributed by atoms with van der Waals surface area (Å²) in [6, 6.07) is 17.2. The van der Waals surface area contributed by atoms with Crippen molar-refractivity contribution in [2.75, 3.05) is 18.5 Å². The van der Waals surface area contributed by atoms with E-state index in [0.717, 1.165) is 11.3 Å². The first-order chi connectivity index (χ1) is 16.0. The van der Waals surface area contributed by atoms with E-state index in [1.807, 2.05) is 18.2 Å². The molecule has 0 spiro atoms. The van der Waals surface area contributed by atoms with Crippen LogP contribution in [-0.4, -0.2) is 35.9 Å². The van der Waals surface area contributed by atoms with Gasteiger partial charge in [0.15, 0.2) is 6.61 Å². The average molecular weight is 468 g/mol. The van der Waals surface area contributed by atoms with Crippen molar-refractivity contribution in [1.82, 2.24) is 5.01 Å². The van der Waals surface area contributed by atoms with Gasteiger partial charge >= 0.3 is 6.09 Å². The first kappa shape index (κ1) is 22.4. The predicted molar refractivity (Wildman–Crippen MR) is 123 cm³/mol. The zero-order chi connectivity index (χ0) is 23.2. The quantitative estimate of drug-likeness (QED) is 0.511. The number of ether oxygens (including phenoxy) is 2. The van der Waals surface area contributed by atoms with E-state index in [-0.39, 0.29) is 25.2 Å². The maximum absolute atomic E-state index is 13.0. The molecule has 2 aromatic carbocycles. The molecule has 0 bridgehead atoms. The highest BCUT2D eigenvalue weighted by atomic mass is 35.5. The summed E-state index contributed by atoms with van der Waals surface area (Å²) in [6.07, 6.45) is 1.50. The maximum Gasteiger partial charge on any atom is 0.411 e. The fourth-order valence-corrected chi connectivity index (χ4v) is 3.55. The van der Waals surface area contributed by atoms with Crippen LogP contribution in [0.4, 0.5) is 10.5 Å². The van der Waals surface area contributed by atoms with Crippen molar-refractivity contribution < 1.29 is 23.5 Å². The van der Waals surface area contributed by atoms with Crippen LogP contribution < -0.4 is 10.1 Å². The molecule has 0 aliphatic carbocycles. The molecule has 2 amide bonds. The standard InChI is InChI=1S/C24H22ClN3O5/c1-2-31-24(30)26-18-5-3-6-19(13-18)33-15-23(29)28-21(22-7-4-12-32-22)14-20(27-28)16-8-10-17(25)11-9-16/h3-13,21H,2,14-15H2,1H3,(H,26,30). The zero-order valence-electron chi connectivity index (χ0n) is 17.9. The van der Waals surface area contributed by atoms with Gasteiger partial charge in [0.2, 0.25) is 0 Å². The smallest absolute Gasteiger partial charge is 0.411 e. The van der Waals surface area contributed by atoms with E-state index in [4.69, 9.17) is 25.5 Å². The zero-order valence-corrected chi connectivity index (χ0v) is 18.6. The van der Waals surface area contributed by atoms with Crippen LogP contribution in [0.5, 0.6) is 5.75 Å². The van der Waals surface area contributed by atoms with Gasteiger partial charge in [0.25, 0.3) is 5.91 Å². The molecule has 0 fully saturated rings. The number of halogens is 1. The second-order valence-corrected chi connectivity index (χ2v) is 7.63. The molecule has 4 rings (SSSR count). The van der Waals surface area contributed by atoms with Gasteiger partial charge in [-0.3, -0.25) is 10.1 Å². The van der Waals surface area contributed by atoms with E-state index in [1.54, 1.807) is 55.7 Å². The van der Waals surface area contributed by atoms with Crippen molar-refractivity contribution in [1.29, 1.82) is 0 Å². The molecule has 3 aromatic rings. The summed E-state index contributed by atoms with van der Waals surface area (Å²) in [5.74, 6) is 0.731. The van der Waals surface area contributed by atoms with Crippen molar-refractivity contribution in [3.8, 4) is 5.75 Å². The van der Waals surface area contributed by atoms with Crippen molar-refractivity contribution in [2.24, 2.45) is 5.10 Å². The number of amides is 2. The Kier molecular flexibility index (Phi) is 6.95. The van der Waals surface area contributed by atoms with Crippen molar-refractivity contribution >= 4 is 35.0 Å². The second kappa shape index (κ2) is 10.2. The van der Waals surface area contributed by atoms with Crippen LogP contribution in [0.15, 0.2) is 76.4 Å². The third-order valence-electron chi connectivity index (χ3n) is 4.93. The van der Waals surface area contributed by atoms with Gasteiger partial charge in [0, 0.05) is 23.2 Å². The van der Waals surface area contributed by atoms with Crippen molar-refractivity contribution in [3.05, 3.63) is 83.3 Å². The van der Waals surface area contributed by atoms with Gasteiger partial charge in [0.05, 0.1) is 18.6 Å². The number of hydrogen-bond acceptors (Lipinski definition) is 6. The number of anilines is 1. The van der Waals surface area contributed by atoms with E-state index < -0.39 is 6.09 Å². The molecular weight excluding hydrogens is 446 g/mol. The summed E-state index contributed by atoms with van der Waals surface area (Å²) in [6.45, 7) is 1.75. The first-order valence-corrected chi connectivity index (χ1v) is 10.8. The average Bonchev–Trinajstić information content (AvgIpc) is 3.48. The molecule has 1 atom stereocenters. The number of benzene rings is 2. The summed E-state index contributed by atoms with van der Waals surface area (Å²) in [5, 5.41) is 9.18. The largest absolute Gasteiger partial charge is 0.484 e. The Morgan fingerprint density at radius 2 is 2.00 bits per heavy atom. The summed E-state index contributed by atoms with van der Waals surface area (Å²) >= 11 is 6.00. The SMILES string of the molecule is CCOC(=O)Nc1cccc(OCC(=O)N2N=C(c3ccc(Cl)cc3)CC2c2ccco2)c1. The first-order valence-electron chi connectivity index (χ1n) is 10.4. The third kappa shape index (κ3) is 5.53. The van der Waals surface area contributed by atoms with Crippen LogP contribution in [-0.2, 0) is 9.53 Å². The molecule has 1 aliphatic rings. The van der Waals surface area contributed by atoms with Crippen molar-refractivity contribution in [2.45, 2.75) is 19.4 Å². The Bertz CT molecular complexity index is 1150. The van der Waals surface area contributed by atoms with Crippen LogP contribution in [0.25, 0.3) is 0 Å².